The number of allylic oxidation sites excluding steroid dienone is 1. The van der Waals surface area contributed by atoms with Crippen LogP contribution < -0.4 is 15.0 Å². The van der Waals surface area contributed by atoms with E-state index in [0.29, 0.717) is 17.1 Å². The van der Waals surface area contributed by atoms with Crippen LogP contribution in [0.3, 0.4) is 0 Å². The number of anilines is 1. The van der Waals surface area contributed by atoms with Gasteiger partial charge in [0.1, 0.15) is 17.4 Å². The molecule has 0 saturated carbocycles. The number of hydrogen-bond donors (Lipinski definition) is 1. The first-order valence-electron chi connectivity index (χ1n) is 8.37. The lowest BCUT2D eigenvalue weighted by atomic mass is 9.94. The van der Waals surface area contributed by atoms with Gasteiger partial charge in [0.2, 0.25) is 0 Å². The summed E-state index contributed by atoms with van der Waals surface area (Å²) >= 11 is 5.46. The molecule has 5 nitrogen and oxygen atoms in total. The van der Waals surface area contributed by atoms with Crippen LogP contribution in [0, 0.1) is 11.6 Å². The van der Waals surface area contributed by atoms with Gasteiger partial charge in [-0.3, -0.25) is 4.90 Å². The first kappa shape index (κ1) is 19.8. The predicted octanol–water partition coefficient (Wildman–Crippen LogP) is 3.86. The zero-order chi connectivity index (χ0) is 20.4. The molecule has 3 rings (SSSR count). The second-order valence-electron chi connectivity index (χ2n) is 6.02. The van der Waals surface area contributed by atoms with Crippen molar-refractivity contribution < 1.29 is 23.0 Å². The van der Waals surface area contributed by atoms with Gasteiger partial charge in [0, 0.05) is 5.70 Å². The molecule has 1 aliphatic rings. The van der Waals surface area contributed by atoms with E-state index in [1.807, 2.05) is 0 Å². The zero-order valence-corrected chi connectivity index (χ0v) is 16.3. The summed E-state index contributed by atoms with van der Waals surface area (Å²) in [7, 11) is 2.72. The molecule has 1 aliphatic heterocycles. The number of nitrogens with one attached hydrogen (secondary N) is 1. The number of carbonyl (C=O) groups is 1. The van der Waals surface area contributed by atoms with Crippen LogP contribution >= 0.6 is 12.2 Å². The molecule has 2 aromatic carbocycles. The van der Waals surface area contributed by atoms with Gasteiger partial charge in [-0.05, 0) is 43.4 Å². The third kappa shape index (κ3) is 3.31. The van der Waals surface area contributed by atoms with Crippen molar-refractivity contribution in [1.29, 1.82) is 0 Å². The highest BCUT2D eigenvalue weighted by Gasteiger charge is 2.38. The molecule has 0 aliphatic carbocycles. The Balaban J connectivity index is 2.23. The fraction of sp³-hybridized carbons (Fsp3) is 0.200. The molecule has 0 fully saturated rings. The predicted molar refractivity (Wildman–Crippen MR) is 105 cm³/mol. The number of methoxy groups -OCH3 is 2. The van der Waals surface area contributed by atoms with E-state index in [1.165, 1.54) is 20.3 Å². The molecule has 1 heterocycles. The Kier molecular flexibility index (Phi) is 5.60. The van der Waals surface area contributed by atoms with Crippen LogP contribution in [-0.4, -0.2) is 25.3 Å². The molecule has 0 saturated heterocycles. The molecule has 0 aromatic heterocycles. The summed E-state index contributed by atoms with van der Waals surface area (Å²) < 4.78 is 39.1. The van der Waals surface area contributed by atoms with E-state index < -0.39 is 23.6 Å². The van der Waals surface area contributed by atoms with Crippen molar-refractivity contribution in [3.63, 3.8) is 0 Å². The van der Waals surface area contributed by atoms with Gasteiger partial charge in [0.25, 0.3) is 0 Å². The van der Waals surface area contributed by atoms with Gasteiger partial charge < -0.3 is 14.8 Å². The number of rotatable bonds is 4. The maximum Gasteiger partial charge on any atom is 0.337 e. The Morgan fingerprint density at radius 3 is 2.36 bits per heavy atom. The highest BCUT2D eigenvalue weighted by atomic mass is 32.1. The van der Waals surface area contributed by atoms with Gasteiger partial charge in [-0.15, -0.1) is 0 Å². The molecule has 28 heavy (non-hydrogen) atoms. The topological polar surface area (TPSA) is 50.8 Å². The quantitative estimate of drug-likeness (QED) is 0.617. The summed E-state index contributed by atoms with van der Waals surface area (Å²) in [5.74, 6) is -1.79. The molecule has 0 bridgehead atoms. The number of halogens is 2. The van der Waals surface area contributed by atoms with Gasteiger partial charge in [0.15, 0.2) is 5.11 Å². The lowest BCUT2D eigenvalue weighted by molar-refractivity contribution is -0.136. The van der Waals surface area contributed by atoms with Gasteiger partial charge in [-0.1, -0.05) is 18.2 Å². The maximum atomic E-state index is 14.4. The number of esters is 1. The molecule has 2 aromatic rings. The van der Waals surface area contributed by atoms with Gasteiger partial charge in [-0.2, -0.15) is 0 Å². The first-order valence-corrected chi connectivity index (χ1v) is 8.78. The van der Waals surface area contributed by atoms with Crippen LogP contribution in [0.15, 0.2) is 53.7 Å². The van der Waals surface area contributed by atoms with E-state index in [-0.39, 0.29) is 16.2 Å². The van der Waals surface area contributed by atoms with E-state index in [2.05, 4.69) is 5.32 Å². The highest BCUT2D eigenvalue weighted by molar-refractivity contribution is 7.80. The van der Waals surface area contributed by atoms with Crippen molar-refractivity contribution in [3.8, 4) is 5.75 Å². The summed E-state index contributed by atoms with van der Waals surface area (Å²) in [5.41, 5.74) is 0.705. The van der Waals surface area contributed by atoms with Crippen molar-refractivity contribution in [2.24, 2.45) is 0 Å². The summed E-state index contributed by atoms with van der Waals surface area (Å²) in [4.78, 5) is 14.1. The normalized spacial score (nSPS) is 16.7. The molecular formula is C20H18F2N2O3S. The minimum atomic E-state index is -1.13. The smallest absolute Gasteiger partial charge is 0.337 e. The van der Waals surface area contributed by atoms with Gasteiger partial charge in [0.05, 0.1) is 37.1 Å². The second-order valence-corrected chi connectivity index (χ2v) is 6.40. The standard InChI is InChI=1S/C20H18F2N2O3S/c1-11-16(19(25)27-3)18(17-12(21)7-6-8-13(17)22)23-20(28)24(11)14-9-4-5-10-15(14)26-2/h4-10,18H,1-3H3,(H,23,28)/t18-/m0/s1. The number of para-hydroxylation sites is 2. The number of benzene rings is 2. The fourth-order valence-corrected chi connectivity index (χ4v) is 3.58. The summed E-state index contributed by atoms with van der Waals surface area (Å²) in [6.07, 6.45) is 0. The SMILES string of the molecule is COC(=O)C1=C(C)N(c2ccccc2OC)C(=S)N[C@@H]1c1c(F)cccc1F. The molecular weight excluding hydrogens is 386 g/mol. The number of thiocarbonyl (C=S) groups is 1. The monoisotopic (exact) mass is 404 g/mol. The lowest BCUT2D eigenvalue weighted by Gasteiger charge is -2.37. The van der Waals surface area contributed by atoms with Crippen LogP contribution in [0.25, 0.3) is 0 Å². The second kappa shape index (κ2) is 7.93. The summed E-state index contributed by atoms with van der Waals surface area (Å²) in [5, 5.41) is 3.04. The maximum absolute atomic E-state index is 14.4. The van der Waals surface area contributed by atoms with E-state index in [1.54, 1.807) is 36.1 Å². The Morgan fingerprint density at radius 1 is 1.11 bits per heavy atom. The Bertz CT molecular complexity index is 957. The molecule has 0 spiro atoms. The minimum Gasteiger partial charge on any atom is -0.495 e. The average molecular weight is 404 g/mol. The minimum absolute atomic E-state index is 0.0472. The third-order valence-corrected chi connectivity index (χ3v) is 4.80. The van der Waals surface area contributed by atoms with Crippen LogP contribution in [0.5, 0.6) is 5.75 Å². The summed E-state index contributed by atoms with van der Waals surface area (Å²) in [6.45, 7) is 1.64. The Morgan fingerprint density at radius 2 is 1.75 bits per heavy atom. The summed E-state index contributed by atoms with van der Waals surface area (Å²) in [6, 6.07) is 9.45. The third-order valence-electron chi connectivity index (χ3n) is 4.50. The van der Waals surface area contributed by atoms with Crippen molar-refractivity contribution in [2.45, 2.75) is 13.0 Å². The molecule has 8 heteroatoms. The van der Waals surface area contributed by atoms with Crippen molar-refractivity contribution in [2.75, 3.05) is 19.1 Å². The zero-order valence-electron chi connectivity index (χ0n) is 15.5. The van der Waals surface area contributed by atoms with Crippen LogP contribution in [0.4, 0.5) is 14.5 Å². The van der Waals surface area contributed by atoms with Gasteiger partial charge in [-0.25, -0.2) is 13.6 Å². The van der Waals surface area contributed by atoms with E-state index in [4.69, 9.17) is 21.7 Å². The van der Waals surface area contributed by atoms with E-state index in [0.717, 1.165) is 12.1 Å². The van der Waals surface area contributed by atoms with Crippen molar-refractivity contribution >= 4 is 29.0 Å². The average Bonchev–Trinajstić information content (AvgIpc) is 2.67. The molecule has 0 amide bonds. The van der Waals surface area contributed by atoms with Crippen molar-refractivity contribution in [1.82, 2.24) is 5.32 Å². The van der Waals surface area contributed by atoms with E-state index >= 15 is 0 Å². The highest BCUT2D eigenvalue weighted by Crippen LogP contribution is 2.38. The molecule has 146 valence electrons. The first-order chi connectivity index (χ1) is 13.4. The molecule has 1 atom stereocenters. The molecule has 0 radical (unpaired) electrons. The number of hydrogen-bond acceptors (Lipinski definition) is 4. The number of nitrogens with zero attached hydrogens (tertiary/aromatic N) is 1. The molecule has 1 N–H and O–H groups in total. The van der Waals surface area contributed by atoms with Crippen molar-refractivity contribution in [3.05, 3.63) is 70.9 Å². The number of ether oxygens (including phenoxy) is 2. The molecule has 0 unspecified atom stereocenters. The van der Waals surface area contributed by atoms with Crippen LogP contribution in [0.2, 0.25) is 0 Å². The van der Waals surface area contributed by atoms with Gasteiger partial charge >= 0.3 is 5.97 Å². The Hall–Kier alpha value is -3.00. The largest absolute Gasteiger partial charge is 0.495 e. The van der Waals surface area contributed by atoms with E-state index in [9.17, 15) is 13.6 Å². The Labute approximate surface area is 166 Å². The number of carbonyl (C=O) groups excluding carboxylic acids is 1. The lowest BCUT2D eigenvalue weighted by Crippen LogP contribution is -2.48. The van der Waals surface area contributed by atoms with Crippen LogP contribution in [-0.2, 0) is 9.53 Å². The fourth-order valence-electron chi connectivity index (χ4n) is 3.22. The van der Waals surface area contributed by atoms with Crippen LogP contribution in [0.1, 0.15) is 18.5 Å².